The number of nitrogens with zero attached hydrogens (tertiary/aromatic N) is 1. The first-order chi connectivity index (χ1) is 10.3. The summed E-state index contributed by atoms with van der Waals surface area (Å²) >= 11 is 0. The zero-order valence-corrected chi connectivity index (χ0v) is 14.7. The molecule has 0 radical (unpaired) electrons. The summed E-state index contributed by atoms with van der Waals surface area (Å²) in [5.74, 6) is -0.402. The number of halogens is 1. The molecule has 1 heterocycles. The molecule has 4 N–H and O–H groups in total. The highest BCUT2D eigenvalue weighted by Crippen LogP contribution is 2.27. The van der Waals surface area contributed by atoms with Gasteiger partial charge in [0.25, 0.3) is 5.91 Å². The van der Waals surface area contributed by atoms with Gasteiger partial charge in [-0.15, -0.1) is 12.4 Å². The standard InChI is InChI=1S/C14H21N3O4S.ClH/c1-9-8-17(6-5-12(9)15)22(19,20)10-3-4-13(21-2)11(7-10)14(16)18;/h3-4,7,9,12H,5-6,8,15H2,1-2H3,(H2,16,18);1H. The highest BCUT2D eigenvalue weighted by molar-refractivity contribution is 7.89. The second-order valence-corrected chi connectivity index (χ2v) is 7.46. The first-order valence-electron chi connectivity index (χ1n) is 7.01. The normalized spacial score (nSPS) is 22.2. The Labute approximate surface area is 142 Å². The number of piperidine rings is 1. The van der Waals surface area contributed by atoms with Gasteiger partial charge in [-0.25, -0.2) is 8.42 Å². The molecule has 9 heteroatoms. The van der Waals surface area contributed by atoms with Crippen molar-refractivity contribution in [2.75, 3.05) is 20.2 Å². The summed E-state index contributed by atoms with van der Waals surface area (Å²) in [5.41, 5.74) is 11.2. The summed E-state index contributed by atoms with van der Waals surface area (Å²) in [5, 5.41) is 0. The second-order valence-electron chi connectivity index (χ2n) is 5.52. The summed E-state index contributed by atoms with van der Waals surface area (Å²) < 4.78 is 31.8. The van der Waals surface area contributed by atoms with Gasteiger partial charge in [0, 0.05) is 19.1 Å². The maximum absolute atomic E-state index is 12.7. The van der Waals surface area contributed by atoms with Crippen LogP contribution in [0, 0.1) is 5.92 Å². The van der Waals surface area contributed by atoms with E-state index in [2.05, 4.69) is 0 Å². The van der Waals surface area contributed by atoms with Gasteiger partial charge in [-0.1, -0.05) is 6.92 Å². The minimum absolute atomic E-state index is 0. The lowest BCUT2D eigenvalue weighted by Gasteiger charge is -2.34. The minimum Gasteiger partial charge on any atom is -0.496 e. The van der Waals surface area contributed by atoms with Crippen molar-refractivity contribution in [1.29, 1.82) is 0 Å². The lowest BCUT2D eigenvalue weighted by atomic mass is 9.96. The smallest absolute Gasteiger partial charge is 0.252 e. The quantitative estimate of drug-likeness (QED) is 0.811. The Balaban J connectivity index is 0.00000264. The lowest BCUT2D eigenvalue weighted by molar-refractivity contribution is 0.0997. The predicted molar refractivity (Wildman–Crippen MR) is 89.3 cm³/mol. The first-order valence-corrected chi connectivity index (χ1v) is 8.45. The van der Waals surface area contributed by atoms with E-state index >= 15 is 0 Å². The molecule has 0 aromatic heterocycles. The molecule has 130 valence electrons. The third kappa shape index (κ3) is 3.95. The lowest BCUT2D eigenvalue weighted by Crippen LogP contribution is -2.48. The molecule has 0 saturated carbocycles. The number of ether oxygens (including phenoxy) is 1. The van der Waals surface area contributed by atoms with E-state index in [1.54, 1.807) is 0 Å². The van der Waals surface area contributed by atoms with E-state index in [0.29, 0.717) is 19.5 Å². The van der Waals surface area contributed by atoms with Crippen LogP contribution in [0.5, 0.6) is 5.75 Å². The Morgan fingerprint density at radius 1 is 1.39 bits per heavy atom. The van der Waals surface area contributed by atoms with Crippen LogP contribution in [0.4, 0.5) is 0 Å². The van der Waals surface area contributed by atoms with Crippen LogP contribution >= 0.6 is 12.4 Å². The zero-order chi connectivity index (χ0) is 16.5. The van der Waals surface area contributed by atoms with Crippen molar-refractivity contribution < 1.29 is 17.9 Å². The molecular weight excluding hydrogens is 342 g/mol. The molecule has 23 heavy (non-hydrogen) atoms. The number of nitrogens with two attached hydrogens (primary N) is 2. The van der Waals surface area contributed by atoms with E-state index in [4.69, 9.17) is 16.2 Å². The fourth-order valence-electron chi connectivity index (χ4n) is 2.53. The molecule has 7 nitrogen and oxygen atoms in total. The van der Waals surface area contributed by atoms with Crippen LogP contribution in [0.3, 0.4) is 0 Å². The van der Waals surface area contributed by atoms with Crippen LogP contribution < -0.4 is 16.2 Å². The Kier molecular flexibility index (Phi) is 6.41. The molecule has 1 saturated heterocycles. The molecule has 2 unspecified atom stereocenters. The molecular formula is C14H22ClN3O4S. The van der Waals surface area contributed by atoms with E-state index in [0.717, 1.165) is 0 Å². The molecule has 1 fully saturated rings. The van der Waals surface area contributed by atoms with Gasteiger partial charge in [-0.2, -0.15) is 4.31 Å². The largest absolute Gasteiger partial charge is 0.496 e. The summed E-state index contributed by atoms with van der Waals surface area (Å²) in [7, 11) is -2.29. The number of rotatable bonds is 4. The van der Waals surface area contributed by atoms with Gasteiger partial charge in [0.1, 0.15) is 5.75 Å². The van der Waals surface area contributed by atoms with Gasteiger partial charge >= 0.3 is 0 Å². The highest BCUT2D eigenvalue weighted by atomic mass is 35.5. The molecule has 1 aliphatic rings. The van der Waals surface area contributed by atoms with Crippen molar-refractivity contribution in [3.63, 3.8) is 0 Å². The summed E-state index contributed by atoms with van der Waals surface area (Å²) in [6, 6.07) is 4.12. The van der Waals surface area contributed by atoms with E-state index in [1.807, 2.05) is 6.92 Å². The predicted octanol–water partition coefficient (Wildman–Crippen LogP) is 0.574. The van der Waals surface area contributed by atoms with Gasteiger partial charge in [-0.3, -0.25) is 4.79 Å². The number of carbonyl (C=O) groups excluding carboxylic acids is 1. The first kappa shape index (κ1) is 19.7. The van der Waals surface area contributed by atoms with E-state index < -0.39 is 15.9 Å². The second kappa shape index (κ2) is 7.48. The molecule has 0 bridgehead atoms. The van der Waals surface area contributed by atoms with Crippen LogP contribution in [-0.2, 0) is 10.0 Å². The van der Waals surface area contributed by atoms with Crippen LogP contribution in [0.15, 0.2) is 23.1 Å². The van der Waals surface area contributed by atoms with Gasteiger partial charge in [0.15, 0.2) is 0 Å². The number of carbonyl (C=O) groups is 1. The van der Waals surface area contributed by atoms with Gasteiger partial charge in [0.05, 0.1) is 17.6 Å². The number of methoxy groups -OCH3 is 1. The number of primary amides is 1. The molecule has 0 aliphatic carbocycles. The van der Waals surface area contributed by atoms with Gasteiger partial charge in [0.2, 0.25) is 10.0 Å². The number of sulfonamides is 1. The Hall–Kier alpha value is -1.35. The third-order valence-electron chi connectivity index (χ3n) is 4.01. The number of hydrogen-bond donors (Lipinski definition) is 2. The molecule has 1 amide bonds. The fourth-order valence-corrected chi connectivity index (χ4v) is 4.12. The Morgan fingerprint density at radius 3 is 2.57 bits per heavy atom. The van der Waals surface area contributed by atoms with Gasteiger partial charge < -0.3 is 16.2 Å². The molecule has 1 aromatic carbocycles. The van der Waals surface area contributed by atoms with E-state index in [-0.39, 0.29) is 40.6 Å². The van der Waals surface area contributed by atoms with Crippen molar-refractivity contribution in [3.8, 4) is 5.75 Å². The molecule has 0 spiro atoms. The SMILES string of the molecule is COc1ccc(S(=O)(=O)N2CCC(N)C(C)C2)cc1C(N)=O.Cl. The summed E-state index contributed by atoms with van der Waals surface area (Å²) in [4.78, 5) is 11.5. The molecule has 2 atom stereocenters. The average molecular weight is 364 g/mol. The van der Waals surface area contributed by atoms with Crippen LogP contribution in [0.25, 0.3) is 0 Å². The fraction of sp³-hybridized carbons (Fsp3) is 0.500. The monoisotopic (exact) mass is 363 g/mol. The summed E-state index contributed by atoms with van der Waals surface area (Å²) in [6.07, 6.45) is 0.610. The average Bonchev–Trinajstić information content (AvgIpc) is 2.49. The van der Waals surface area contributed by atoms with Crippen molar-refractivity contribution >= 4 is 28.3 Å². The van der Waals surface area contributed by atoms with Crippen molar-refractivity contribution in [1.82, 2.24) is 4.31 Å². The molecule has 1 aromatic rings. The topological polar surface area (TPSA) is 116 Å². The zero-order valence-electron chi connectivity index (χ0n) is 13.1. The van der Waals surface area contributed by atoms with Crippen LogP contribution in [0.1, 0.15) is 23.7 Å². The van der Waals surface area contributed by atoms with E-state index in [9.17, 15) is 13.2 Å². The van der Waals surface area contributed by atoms with E-state index in [1.165, 1.54) is 29.6 Å². The number of benzene rings is 1. The minimum atomic E-state index is -3.68. The third-order valence-corrected chi connectivity index (χ3v) is 5.87. The molecule has 2 rings (SSSR count). The Morgan fingerprint density at radius 2 is 2.04 bits per heavy atom. The van der Waals surface area contributed by atoms with Crippen molar-refractivity contribution in [2.24, 2.45) is 17.4 Å². The van der Waals surface area contributed by atoms with Crippen molar-refractivity contribution in [3.05, 3.63) is 23.8 Å². The van der Waals surface area contributed by atoms with Crippen LogP contribution in [-0.4, -0.2) is 44.9 Å². The number of hydrogen-bond acceptors (Lipinski definition) is 5. The maximum Gasteiger partial charge on any atom is 0.252 e. The Bertz CT molecular complexity index is 681. The van der Waals surface area contributed by atoms with Crippen molar-refractivity contribution in [2.45, 2.75) is 24.3 Å². The highest BCUT2D eigenvalue weighted by Gasteiger charge is 2.32. The number of amides is 1. The maximum atomic E-state index is 12.7. The van der Waals surface area contributed by atoms with Gasteiger partial charge in [-0.05, 0) is 30.5 Å². The molecule has 1 aliphatic heterocycles. The van der Waals surface area contributed by atoms with Crippen LogP contribution in [0.2, 0.25) is 0 Å². The summed E-state index contributed by atoms with van der Waals surface area (Å²) in [6.45, 7) is 2.66.